The first-order valence-electron chi connectivity index (χ1n) is 6.92. The zero-order valence-electron chi connectivity index (χ0n) is 12.0. The molecule has 4 nitrogen and oxygen atoms in total. The van der Waals surface area contributed by atoms with Crippen LogP contribution in [0.15, 0.2) is 46.9 Å². The van der Waals surface area contributed by atoms with E-state index >= 15 is 0 Å². The van der Waals surface area contributed by atoms with Crippen LogP contribution in [0.5, 0.6) is 0 Å². The third-order valence-corrected chi connectivity index (χ3v) is 3.67. The Kier molecular flexibility index (Phi) is 4.32. The Morgan fingerprint density at radius 2 is 2.04 bits per heavy atom. The molecule has 1 amide bonds. The highest BCUT2D eigenvalue weighted by Gasteiger charge is 2.12. The molecule has 0 aliphatic rings. The number of carbonyl (C=O) groups is 1. The summed E-state index contributed by atoms with van der Waals surface area (Å²) in [7, 11) is 0. The molecule has 1 heterocycles. The summed E-state index contributed by atoms with van der Waals surface area (Å²) in [6, 6.07) is 11.0. The molecule has 0 unspecified atom stereocenters. The first kappa shape index (κ1) is 15.5. The van der Waals surface area contributed by atoms with Crippen molar-refractivity contribution in [3.05, 3.63) is 70.2 Å². The number of rotatable bonds is 4. The summed E-state index contributed by atoms with van der Waals surface area (Å²) in [6.07, 6.45) is 0. The van der Waals surface area contributed by atoms with E-state index < -0.39 is 12.4 Å². The Hall–Kier alpha value is -2.37. The van der Waals surface area contributed by atoms with Gasteiger partial charge in [-0.25, -0.2) is 4.39 Å². The molecule has 6 heteroatoms. The van der Waals surface area contributed by atoms with Gasteiger partial charge in [0.15, 0.2) is 5.76 Å². The summed E-state index contributed by atoms with van der Waals surface area (Å²) >= 11 is 5.90. The average molecular weight is 334 g/mol. The molecule has 0 spiro atoms. The number of nitrogens with one attached hydrogen (secondary N) is 1. The molecule has 0 bridgehead atoms. The van der Waals surface area contributed by atoms with Crippen molar-refractivity contribution in [2.45, 2.75) is 13.2 Å². The number of aliphatic hydroxyl groups is 1. The fourth-order valence-corrected chi connectivity index (χ4v) is 2.44. The Bertz CT molecular complexity index is 875. The van der Waals surface area contributed by atoms with Gasteiger partial charge in [0, 0.05) is 22.5 Å². The third kappa shape index (κ3) is 3.36. The van der Waals surface area contributed by atoms with Crippen molar-refractivity contribution in [2.75, 3.05) is 0 Å². The minimum absolute atomic E-state index is 0.173. The second kappa shape index (κ2) is 6.40. The number of fused-ring (bicyclic) bond motifs is 1. The van der Waals surface area contributed by atoms with Crippen LogP contribution in [0.4, 0.5) is 4.39 Å². The lowest BCUT2D eigenvalue weighted by Gasteiger charge is -2.06. The number of furan rings is 1. The number of carbonyl (C=O) groups excluding carboxylic acids is 1. The van der Waals surface area contributed by atoms with Gasteiger partial charge in [-0.1, -0.05) is 17.7 Å². The van der Waals surface area contributed by atoms with Crippen molar-refractivity contribution in [1.29, 1.82) is 0 Å². The van der Waals surface area contributed by atoms with E-state index in [-0.39, 0.29) is 23.8 Å². The predicted octanol–water partition coefficient (Wildman–Crippen LogP) is 3.65. The van der Waals surface area contributed by atoms with Crippen LogP contribution in [-0.4, -0.2) is 11.0 Å². The zero-order valence-corrected chi connectivity index (χ0v) is 12.7. The molecule has 1 aromatic heterocycles. The van der Waals surface area contributed by atoms with Gasteiger partial charge in [0.05, 0.1) is 6.61 Å². The van der Waals surface area contributed by atoms with E-state index in [1.807, 2.05) is 0 Å². The maximum Gasteiger partial charge on any atom is 0.287 e. The van der Waals surface area contributed by atoms with Gasteiger partial charge in [0.2, 0.25) is 0 Å². The highest BCUT2D eigenvalue weighted by Crippen LogP contribution is 2.23. The summed E-state index contributed by atoms with van der Waals surface area (Å²) < 4.78 is 18.8. The molecule has 0 saturated heterocycles. The van der Waals surface area contributed by atoms with Crippen molar-refractivity contribution >= 4 is 28.5 Å². The van der Waals surface area contributed by atoms with Gasteiger partial charge in [0.1, 0.15) is 11.4 Å². The quantitative estimate of drug-likeness (QED) is 0.766. The van der Waals surface area contributed by atoms with E-state index in [9.17, 15) is 9.18 Å². The Labute approximate surface area is 136 Å². The van der Waals surface area contributed by atoms with Crippen LogP contribution in [0.25, 0.3) is 11.0 Å². The highest BCUT2D eigenvalue weighted by molar-refractivity contribution is 6.31. The number of benzene rings is 2. The summed E-state index contributed by atoms with van der Waals surface area (Å²) in [4.78, 5) is 12.1. The fourth-order valence-electron chi connectivity index (χ4n) is 2.25. The molecule has 118 valence electrons. The SMILES string of the molecule is O=C(NCc1ccc(F)c(CO)c1)c1cc2cc(Cl)ccc2o1. The van der Waals surface area contributed by atoms with Gasteiger partial charge in [-0.15, -0.1) is 0 Å². The lowest BCUT2D eigenvalue weighted by Crippen LogP contribution is -2.22. The minimum Gasteiger partial charge on any atom is -0.451 e. The van der Waals surface area contributed by atoms with Crippen LogP contribution in [0.2, 0.25) is 5.02 Å². The smallest absolute Gasteiger partial charge is 0.287 e. The van der Waals surface area contributed by atoms with Gasteiger partial charge in [-0.2, -0.15) is 0 Å². The monoisotopic (exact) mass is 333 g/mol. The molecule has 0 aliphatic carbocycles. The van der Waals surface area contributed by atoms with E-state index in [4.69, 9.17) is 21.1 Å². The van der Waals surface area contributed by atoms with E-state index in [2.05, 4.69) is 5.32 Å². The minimum atomic E-state index is -0.475. The molecule has 23 heavy (non-hydrogen) atoms. The molecule has 0 fully saturated rings. The Morgan fingerprint density at radius 3 is 2.83 bits per heavy atom. The molecular formula is C17H13ClFNO3. The van der Waals surface area contributed by atoms with Gasteiger partial charge in [-0.05, 0) is 42.0 Å². The molecule has 0 saturated carbocycles. The van der Waals surface area contributed by atoms with Gasteiger partial charge >= 0.3 is 0 Å². The van der Waals surface area contributed by atoms with Gasteiger partial charge < -0.3 is 14.8 Å². The number of hydrogen-bond donors (Lipinski definition) is 2. The summed E-state index contributed by atoms with van der Waals surface area (Å²) in [6.45, 7) is -0.193. The fraction of sp³-hybridized carbons (Fsp3) is 0.118. The van der Waals surface area contributed by atoms with E-state index in [1.54, 1.807) is 30.3 Å². The molecule has 3 rings (SSSR count). The second-order valence-electron chi connectivity index (χ2n) is 5.06. The first-order chi connectivity index (χ1) is 11.1. The molecule has 0 atom stereocenters. The Balaban J connectivity index is 1.73. The Morgan fingerprint density at radius 1 is 1.22 bits per heavy atom. The summed E-state index contributed by atoms with van der Waals surface area (Å²) in [5, 5.41) is 13.0. The zero-order chi connectivity index (χ0) is 16.4. The van der Waals surface area contributed by atoms with Crippen LogP contribution >= 0.6 is 11.6 Å². The predicted molar refractivity (Wildman–Crippen MR) is 84.7 cm³/mol. The number of amides is 1. The molecule has 0 radical (unpaired) electrons. The van der Waals surface area contributed by atoms with E-state index in [1.165, 1.54) is 12.1 Å². The largest absolute Gasteiger partial charge is 0.451 e. The molecule has 2 N–H and O–H groups in total. The summed E-state index contributed by atoms with van der Waals surface area (Å²) in [5.41, 5.74) is 1.45. The first-order valence-corrected chi connectivity index (χ1v) is 7.30. The molecule has 0 aliphatic heterocycles. The lowest BCUT2D eigenvalue weighted by atomic mass is 10.1. The van der Waals surface area contributed by atoms with Crippen LogP contribution in [-0.2, 0) is 13.2 Å². The standard InChI is InChI=1S/C17H13ClFNO3/c18-13-2-4-15-11(6-13)7-16(23-15)17(22)20-8-10-1-3-14(19)12(5-10)9-21/h1-7,21H,8-9H2,(H,20,22). The highest BCUT2D eigenvalue weighted by atomic mass is 35.5. The average Bonchev–Trinajstić information content (AvgIpc) is 2.97. The van der Waals surface area contributed by atoms with Crippen LogP contribution < -0.4 is 5.32 Å². The number of aliphatic hydroxyl groups excluding tert-OH is 1. The molecule has 3 aromatic rings. The summed E-state index contributed by atoms with van der Waals surface area (Å²) in [5.74, 6) is -0.685. The normalized spacial score (nSPS) is 10.9. The number of hydrogen-bond acceptors (Lipinski definition) is 3. The maximum atomic E-state index is 13.3. The second-order valence-corrected chi connectivity index (χ2v) is 5.50. The lowest BCUT2D eigenvalue weighted by molar-refractivity contribution is 0.0925. The maximum absolute atomic E-state index is 13.3. The van der Waals surface area contributed by atoms with Crippen LogP contribution in [0.1, 0.15) is 21.7 Å². The van der Waals surface area contributed by atoms with Crippen molar-refractivity contribution in [1.82, 2.24) is 5.32 Å². The topological polar surface area (TPSA) is 62.5 Å². The van der Waals surface area contributed by atoms with Gasteiger partial charge in [0.25, 0.3) is 5.91 Å². The van der Waals surface area contributed by atoms with E-state index in [0.717, 1.165) is 5.39 Å². The van der Waals surface area contributed by atoms with E-state index in [0.29, 0.717) is 16.2 Å². The van der Waals surface area contributed by atoms with Gasteiger partial charge in [-0.3, -0.25) is 4.79 Å². The van der Waals surface area contributed by atoms with Crippen molar-refractivity contribution in [3.63, 3.8) is 0 Å². The van der Waals surface area contributed by atoms with Crippen molar-refractivity contribution < 1.29 is 18.7 Å². The molecular weight excluding hydrogens is 321 g/mol. The molecule has 2 aromatic carbocycles. The number of halogens is 2. The van der Waals surface area contributed by atoms with Crippen LogP contribution in [0.3, 0.4) is 0 Å². The van der Waals surface area contributed by atoms with Crippen LogP contribution in [0, 0.1) is 5.82 Å². The van der Waals surface area contributed by atoms with Crippen molar-refractivity contribution in [2.24, 2.45) is 0 Å². The third-order valence-electron chi connectivity index (χ3n) is 3.44. The van der Waals surface area contributed by atoms with Crippen molar-refractivity contribution in [3.8, 4) is 0 Å².